The molecule has 0 saturated carbocycles. The van der Waals surface area contributed by atoms with E-state index in [4.69, 9.17) is 14.2 Å². The van der Waals surface area contributed by atoms with Crippen LogP contribution in [0.2, 0.25) is 0 Å². The van der Waals surface area contributed by atoms with E-state index in [2.05, 4.69) is 10.6 Å². The number of methoxy groups -OCH3 is 3. The van der Waals surface area contributed by atoms with Gasteiger partial charge in [-0.1, -0.05) is 6.07 Å². The van der Waals surface area contributed by atoms with Crippen molar-refractivity contribution in [1.82, 2.24) is 15.5 Å². The summed E-state index contributed by atoms with van der Waals surface area (Å²) < 4.78 is 15.6. The van der Waals surface area contributed by atoms with Crippen LogP contribution in [0.1, 0.15) is 11.6 Å². The molecule has 8 heteroatoms. The first kappa shape index (κ1) is 17.1. The first-order chi connectivity index (χ1) is 12.1. The zero-order chi connectivity index (χ0) is 18.0. The number of hydrogen-bond donors (Lipinski definition) is 2. The molecule has 0 aromatic heterocycles. The van der Waals surface area contributed by atoms with Gasteiger partial charge in [-0.05, 0) is 17.7 Å². The summed E-state index contributed by atoms with van der Waals surface area (Å²) in [6.07, 6.45) is 0. The number of benzene rings is 1. The fourth-order valence-corrected chi connectivity index (χ4v) is 3.09. The first-order valence-electron chi connectivity index (χ1n) is 7.89. The number of hydrogen-bond acceptors (Lipinski definition) is 5. The van der Waals surface area contributed by atoms with Crippen LogP contribution < -0.4 is 20.1 Å². The average Bonchev–Trinajstić information content (AvgIpc) is 2.94. The molecule has 25 heavy (non-hydrogen) atoms. The van der Waals surface area contributed by atoms with Crippen LogP contribution in [0.5, 0.6) is 11.5 Å². The second-order valence-electron chi connectivity index (χ2n) is 5.76. The van der Waals surface area contributed by atoms with Crippen molar-refractivity contribution in [3.05, 3.63) is 35.0 Å². The van der Waals surface area contributed by atoms with Crippen molar-refractivity contribution >= 4 is 11.9 Å². The monoisotopic (exact) mass is 347 g/mol. The zero-order valence-corrected chi connectivity index (χ0v) is 14.4. The average molecular weight is 347 g/mol. The molecule has 2 aliphatic rings. The van der Waals surface area contributed by atoms with Gasteiger partial charge >= 0.3 is 6.03 Å². The van der Waals surface area contributed by atoms with Crippen molar-refractivity contribution in [3.63, 3.8) is 0 Å². The molecule has 0 spiro atoms. The lowest BCUT2D eigenvalue weighted by Crippen LogP contribution is -2.44. The third kappa shape index (κ3) is 3.12. The Bertz CT molecular complexity index is 731. The van der Waals surface area contributed by atoms with Crippen molar-refractivity contribution in [2.75, 3.05) is 41.0 Å². The second kappa shape index (κ2) is 7.02. The number of rotatable bonds is 6. The molecule has 1 aromatic rings. The molecule has 2 heterocycles. The Morgan fingerprint density at radius 3 is 2.60 bits per heavy atom. The molecule has 1 aromatic carbocycles. The fourth-order valence-electron chi connectivity index (χ4n) is 3.09. The van der Waals surface area contributed by atoms with E-state index in [-0.39, 0.29) is 11.9 Å². The van der Waals surface area contributed by atoms with E-state index in [1.165, 1.54) is 0 Å². The molecule has 0 bridgehead atoms. The highest BCUT2D eigenvalue weighted by atomic mass is 16.5. The predicted molar refractivity (Wildman–Crippen MR) is 89.4 cm³/mol. The number of nitrogens with zero attached hydrogens (tertiary/aromatic N) is 1. The minimum Gasteiger partial charge on any atom is -0.493 e. The van der Waals surface area contributed by atoms with Gasteiger partial charge in [0.25, 0.3) is 5.91 Å². The number of carbonyl (C=O) groups is 2. The number of amides is 3. The van der Waals surface area contributed by atoms with Crippen LogP contribution in [-0.4, -0.2) is 57.9 Å². The third-order valence-corrected chi connectivity index (χ3v) is 4.33. The van der Waals surface area contributed by atoms with Gasteiger partial charge in [-0.3, -0.25) is 4.79 Å². The normalized spacial score (nSPS) is 19.5. The lowest BCUT2D eigenvalue weighted by atomic mass is 9.96. The van der Waals surface area contributed by atoms with Crippen LogP contribution in [0.3, 0.4) is 0 Å². The van der Waals surface area contributed by atoms with Gasteiger partial charge in [0.2, 0.25) is 0 Å². The highest BCUT2D eigenvalue weighted by molar-refractivity contribution is 6.01. The maximum absolute atomic E-state index is 12.8. The van der Waals surface area contributed by atoms with Crippen LogP contribution in [0.25, 0.3) is 0 Å². The lowest BCUT2D eigenvalue weighted by molar-refractivity contribution is -0.126. The zero-order valence-electron chi connectivity index (χ0n) is 14.4. The first-order valence-corrected chi connectivity index (χ1v) is 7.89. The van der Waals surface area contributed by atoms with Gasteiger partial charge in [0, 0.05) is 13.7 Å². The molecule has 0 aliphatic carbocycles. The van der Waals surface area contributed by atoms with Crippen molar-refractivity contribution in [2.24, 2.45) is 0 Å². The molecule has 2 aliphatic heterocycles. The van der Waals surface area contributed by atoms with Crippen molar-refractivity contribution in [3.8, 4) is 11.5 Å². The Labute approximate surface area is 145 Å². The molecular formula is C17H21N3O5. The van der Waals surface area contributed by atoms with Crippen LogP contribution >= 0.6 is 0 Å². The second-order valence-corrected chi connectivity index (χ2v) is 5.76. The number of carbonyl (C=O) groups excluding carboxylic acids is 2. The Hall–Kier alpha value is -2.74. The topological polar surface area (TPSA) is 89.1 Å². The van der Waals surface area contributed by atoms with Crippen molar-refractivity contribution < 1.29 is 23.8 Å². The summed E-state index contributed by atoms with van der Waals surface area (Å²) >= 11 is 0. The molecule has 134 valence electrons. The van der Waals surface area contributed by atoms with E-state index in [9.17, 15) is 9.59 Å². The molecule has 3 amide bonds. The highest BCUT2D eigenvalue weighted by Gasteiger charge is 2.40. The van der Waals surface area contributed by atoms with E-state index in [0.29, 0.717) is 42.5 Å². The minimum atomic E-state index is -0.538. The summed E-state index contributed by atoms with van der Waals surface area (Å²) in [5.74, 6) is 1.01. The summed E-state index contributed by atoms with van der Waals surface area (Å²) in [6.45, 7) is 1.28. The van der Waals surface area contributed by atoms with Gasteiger partial charge in [0.1, 0.15) is 0 Å². The largest absolute Gasteiger partial charge is 0.493 e. The van der Waals surface area contributed by atoms with Crippen LogP contribution in [0.15, 0.2) is 29.5 Å². The Balaban J connectivity index is 1.94. The predicted octanol–water partition coefficient (Wildman–Crippen LogP) is 0.800. The Morgan fingerprint density at radius 2 is 1.92 bits per heavy atom. The smallest absolute Gasteiger partial charge is 0.319 e. The molecule has 1 atom stereocenters. The molecule has 0 radical (unpaired) electrons. The van der Waals surface area contributed by atoms with E-state index in [1.54, 1.807) is 38.4 Å². The third-order valence-electron chi connectivity index (χ3n) is 4.33. The molecule has 3 rings (SSSR count). The highest BCUT2D eigenvalue weighted by Crippen LogP contribution is 2.36. The number of urea groups is 1. The standard InChI is InChI=1S/C17H21N3O5/c1-23-7-6-20-9-11-14(16(20)21)15(19-17(22)18-11)10-4-5-12(24-2)13(8-10)25-3/h4-5,8,15H,6-7,9H2,1-3H3,(H2,18,19,22). The van der Waals surface area contributed by atoms with Gasteiger partial charge in [0.15, 0.2) is 11.5 Å². The summed E-state index contributed by atoms with van der Waals surface area (Å²) in [5.41, 5.74) is 1.93. The van der Waals surface area contributed by atoms with E-state index < -0.39 is 6.04 Å². The van der Waals surface area contributed by atoms with Gasteiger partial charge < -0.3 is 29.7 Å². The molecule has 1 unspecified atom stereocenters. The van der Waals surface area contributed by atoms with Crippen LogP contribution in [0.4, 0.5) is 4.79 Å². The van der Waals surface area contributed by atoms with Crippen molar-refractivity contribution in [2.45, 2.75) is 6.04 Å². The van der Waals surface area contributed by atoms with Crippen molar-refractivity contribution in [1.29, 1.82) is 0 Å². The minimum absolute atomic E-state index is 0.112. The summed E-state index contributed by atoms with van der Waals surface area (Å²) in [4.78, 5) is 26.5. The van der Waals surface area contributed by atoms with Gasteiger partial charge in [-0.15, -0.1) is 0 Å². The molecule has 8 nitrogen and oxygen atoms in total. The SMILES string of the molecule is COCCN1CC2=C(C1=O)C(c1ccc(OC)c(OC)c1)NC(=O)N2. The molecular weight excluding hydrogens is 326 g/mol. The molecule has 2 N–H and O–H groups in total. The summed E-state index contributed by atoms with van der Waals surface area (Å²) in [5, 5.41) is 5.55. The molecule has 0 fully saturated rings. The number of nitrogens with one attached hydrogen (secondary N) is 2. The van der Waals surface area contributed by atoms with E-state index in [1.807, 2.05) is 6.07 Å². The fraction of sp³-hybridized carbons (Fsp3) is 0.412. The summed E-state index contributed by atoms with van der Waals surface area (Å²) in [6, 6.07) is 4.46. The van der Waals surface area contributed by atoms with Gasteiger partial charge in [-0.25, -0.2) is 4.79 Å². The molecule has 0 saturated heterocycles. The van der Waals surface area contributed by atoms with E-state index in [0.717, 1.165) is 5.56 Å². The lowest BCUT2D eigenvalue weighted by Gasteiger charge is -2.26. The van der Waals surface area contributed by atoms with E-state index >= 15 is 0 Å². The van der Waals surface area contributed by atoms with Gasteiger partial charge in [-0.2, -0.15) is 0 Å². The van der Waals surface area contributed by atoms with Crippen LogP contribution in [0, 0.1) is 0 Å². The number of ether oxygens (including phenoxy) is 3. The van der Waals surface area contributed by atoms with Gasteiger partial charge in [0.05, 0.1) is 44.7 Å². The quantitative estimate of drug-likeness (QED) is 0.795. The maximum atomic E-state index is 12.8. The van der Waals surface area contributed by atoms with Crippen LogP contribution in [-0.2, 0) is 9.53 Å². The maximum Gasteiger partial charge on any atom is 0.319 e. The Kier molecular flexibility index (Phi) is 4.80. The Morgan fingerprint density at radius 1 is 1.16 bits per heavy atom. The summed E-state index contributed by atoms with van der Waals surface area (Å²) in [7, 11) is 4.68.